The summed E-state index contributed by atoms with van der Waals surface area (Å²) < 4.78 is 35.5. The largest absolute Gasteiger partial charge is 0.400 e. The maximum atomic E-state index is 12.4. The van der Waals surface area contributed by atoms with Gasteiger partial charge in [-0.1, -0.05) is 213 Å². The monoisotopic (exact) mass is 648 g/mol. The minimum absolute atomic E-state index is 0. The van der Waals surface area contributed by atoms with Crippen molar-refractivity contribution >= 4 is 10.4 Å². The summed E-state index contributed by atoms with van der Waals surface area (Å²) in [7, 11) is -2.73. The fourth-order valence-corrected chi connectivity index (χ4v) is 7.28. The summed E-state index contributed by atoms with van der Waals surface area (Å²) in [5, 5.41) is 0. The van der Waals surface area contributed by atoms with Crippen LogP contribution in [-0.2, 0) is 18.8 Å². The summed E-state index contributed by atoms with van der Waals surface area (Å²) in [5.41, 5.74) is -0.598. The molecule has 0 amide bonds. The Labute approximate surface area is 278 Å². The minimum Gasteiger partial charge on any atom is -0.344 e. The maximum absolute atomic E-state index is 12.4. The van der Waals surface area contributed by atoms with Crippen LogP contribution < -0.4 is 6.15 Å². The van der Waals surface area contributed by atoms with Crippen LogP contribution >= 0.6 is 0 Å². The minimum atomic E-state index is -3.95. The molecular formula is C38H81NO4S. The highest BCUT2D eigenvalue weighted by Gasteiger charge is 2.35. The molecule has 268 valence electrons. The van der Waals surface area contributed by atoms with E-state index < -0.39 is 16.0 Å². The van der Waals surface area contributed by atoms with Crippen LogP contribution in [0.1, 0.15) is 233 Å². The molecule has 0 aromatic heterocycles. The highest BCUT2D eigenvalue weighted by atomic mass is 32.3. The van der Waals surface area contributed by atoms with E-state index >= 15 is 0 Å². The summed E-state index contributed by atoms with van der Waals surface area (Å²) >= 11 is 0. The first kappa shape index (κ1) is 46.0. The molecule has 0 spiro atoms. The van der Waals surface area contributed by atoms with Gasteiger partial charge in [0, 0.05) is 0 Å². The Morgan fingerprint density at radius 3 is 0.864 bits per heavy atom. The Morgan fingerprint density at radius 1 is 0.386 bits per heavy atom. The third-order valence-electron chi connectivity index (χ3n) is 9.44. The molecule has 0 bridgehead atoms. The van der Waals surface area contributed by atoms with E-state index in [2.05, 4.69) is 20.8 Å². The van der Waals surface area contributed by atoms with Crippen molar-refractivity contribution in [2.75, 3.05) is 7.11 Å². The van der Waals surface area contributed by atoms with Crippen molar-refractivity contribution in [1.29, 1.82) is 0 Å². The molecule has 6 heteroatoms. The van der Waals surface area contributed by atoms with Crippen LogP contribution in [0.2, 0.25) is 0 Å². The second-order valence-electron chi connectivity index (χ2n) is 13.6. The van der Waals surface area contributed by atoms with Crippen LogP contribution in [0.3, 0.4) is 0 Å². The van der Waals surface area contributed by atoms with Crippen LogP contribution in [-0.4, -0.2) is 21.1 Å². The zero-order valence-electron chi connectivity index (χ0n) is 30.6. The first-order valence-electron chi connectivity index (χ1n) is 19.5. The first-order chi connectivity index (χ1) is 20.9. The van der Waals surface area contributed by atoms with E-state index in [-0.39, 0.29) is 6.15 Å². The Balaban J connectivity index is 0. The summed E-state index contributed by atoms with van der Waals surface area (Å²) in [6, 6.07) is 0. The summed E-state index contributed by atoms with van der Waals surface area (Å²) in [6.45, 7) is 6.74. The number of unbranched alkanes of at least 4 members (excludes halogenated alkanes) is 27. The van der Waals surface area contributed by atoms with Gasteiger partial charge in [0.15, 0.2) is 0 Å². The molecule has 0 unspecified atom stereocenters. The van der Waals surface area contributed by atoms with E-state index in [1.807, 2.05) is 0 Å². The molecule has 0 aliphatic carbocycles. The maximum Gasteiger partial charge on any atom is 0.400 e. The molecule has 0 atom stereocenters. The summed E-state index contributed by atoms with van der Waals surface area (Å²) in [5.74, 6) is 0. The van der Waals surface area contributed by atoms with E-state index in [9.17, 15) is 8.42 Å². The van der Waals surface area contributed by atoms with Gasteiger partial charge in [0.25, 0.3) is 0 Å². The van der Waals surface area contributed by atoms with Gasteiger partial charge >= 0.3 is 10.4 Å². The van der Waals surface area contributed by atoms with Gasteiger partial charge in [-0.05, 0) is 19.3 Å². The van der Waals surface area contributed by atoms with E-state index in [0.717, 1.165) is 44.9 Å². The zero-order valence-corrected chi connectivity index (χ0v) is 31.4. The molecule has 0 saturated carbocycles. The molecule has 0 aromatic rings. The van der Waals surface area contributed by atoms with E-state index in [4.69, 9.17) is 8.37 Å². The zero-order chi connectivity index (χ0) is 31.7. The predicted molar refractivity (Wildman–Crippen MR) is 194 cm³/mol. The summed E-state index contributed by atoms with van der Waals surface area (Å²) in [4.78, 5) is 0. The molecular weight excluding hydrogens is 566 g/mol. The molecule has 0 heterocycles. The van der Waals surface area contributed by atoms with Crippen LogP contribution in [0.5, 0.6) is 0 Å². The Kier molecular flexibility index (Phi) is 35.7. The third kappa shape index (κ3) is 30.5. The molecule has 0 aliphatic heterocycles. The fraction of sp³-hybridized carbons (Fsp3) is 1.00. The van der Waals surface area contributed by atoms with Crippen molar-refractivity contribution in [1.82, 2.24) is 6.15 Å². The van der Waals surface area contributed by atoms with Crippen molar-refractivity contribution < 1.29 is 16.8 Å². The number of hydrogen-bond donors (Lipinski definition) is 1. The highest BCUT2D eigenvalue weighted by Crippen LogP contribution is 2.34. The number of hydrogen-bond acceptors (Lipinski definition) is 5. The second-order valence-corrected chi connectivity index (χ2v) is 15.0. The van der Waals surface area contributed by atoms with Crippen LogP contribution in [0.15, 0.2) is 0 Å². The quantitative estimate of drug-likeness (QED) is 0.0684. The predicted octanol–water partition coefficient (Wildman–Crippen LogP) is 13.7. The lowest BCUT2D eigenvalue weighted by Crippen LogP contribution is -2.36. The van der Waals surface area contributed by atoms with Crippen molar-refractivity contribution in [3.05, 3.63) is 0 Å². The van der Waals surface area contributed by atoms with E-state index in [1.165, 1.54) is 174 Å². The first-order valence-corrected chi connectivity index (χ1v) is 20.8. The lowest BCUT2D eigenvalue weighted by Gasteiger charge is -2.33. The molecule has 0 aliphatic rings. The normalized spacial score (nSPS) is 12.1. The van der Waals surface area contributed by atoms with Crippen LogP contribution in [0.4, 0.5) is 0 Å². The third-order valence-corrected chi connectivity index (χ3v) is 10.4. The van der Waals surface area contributed by atoms with Crippen molar-refractivity contribution in [2.45, 2.75) is 238 Å². The van der Waals surface area contributed by atoms with Crippen molar-refractivity contribution in [2.24, 2.45) is 0 Å². The van der Waals surface area contributed by atoms with Gasteiger partial charge in [-0.25, -0.2) is 4.18 Å². The Hall–Kier alpha value is -0.170. The van der Waals surface area contributed by atoms with Crippen molar-refractivity contribution in [3.8, 4) is 0 Å². The molecule has 0 fully saturated rings. The topological polar surface area (TPSA) is 87.6 Å². The van der Waals surface area contributed by atoms with Crippen LogP contribution in [0, 0.1) is 0 Å². The lowest BCUT2D eigenvalue weighted by molar-refractivity contribution is 0.0258. The SMILES string of the molecule is CCCCCCCCCCCCCCCCC(CCCC)(CCCCCCCCCCCCCCCC)OS(=O)(=O)OC.N. The second kappa shape index (κ2) is 34.2. The molecule has 44 heavy (non-hydrogen) atoms. The molecule has 0 saturated heterocycles. The van der Waals surface area contributed by atoms with Gasteiger partial charge < -0.3 is 6.15 Å². The molecule has 3 N–H and O–H groups in total. The Bertz CT molecular complexity index is 623. The summed E-state index contributed by atoms with van der Waals surface area (Å²) in [6.07, 6.45) is 41.8. The molecule has 0 aromatic carbocycles. The lowest BCUT2D eigenvalue weighted by atomic mass is 9.85. The average molecular weight is 648 g/mol. The fourth-order valence-electron chi connectivity index (χ4n) is 6.53. The standard InChI is InChI=1S/C38H78O4S.H3N/c1-5-8-11-13-15-17-19-21-23-25-27-29-31-33-36-38(35-10-7-3,42-43(39,40)41-4)37-34-32-30-28-26-24-22-20-18-16-14-12-9-6-2;/h5-37H2,1-4H3;1H3. The van der Waals surface area contributed by atoms with Gasteiger partial charge in [0.2, 0.25) is 0 Å². The van der Waals surface area contributed by atoms with Crippen LogP contribution in [0.25, 0.3) is 0 Å². The van der Waals surface area contributed by atoms with Gasteiger partial charge in [0.05, 0.1) is 12.7 Å². The highest BCUT2D eigenvalue weighted by molar-refractivity contribution is 7.81. The van der Waals surface area contributed by atoms with Crippen molar-refractivity contribution in [3.63, 3.8) is 0 Å². The van der Waals surface area contributed by atoms with Gasteiger partial charge in [-0.3, -0.25) is 4.18 Å². The molecule has 0 rings (SSSR count). The Morgan fingerprint density at radius 2 is 0.614 bits per heavy atom. The number of rotatable bonds is 36. The average Bonchev–Trinajstić information content (AvgIpc) is 3.00. The molecule has 5 nitrogen and oxygen atoms in total. The molecule has 0 radical (unpaired) electrons. The van der Waals surface area contributed by atoms with E-state index in [1.54, 1.807) is 0 Å². The smallest absolute Gasteiger partial charge is 0.344 e. The van der Waals surface area contributed by atoms with Gasteiger partial charge in [-0.15, -0.1) is 0 Å². The van der Waals surface area contributed by atoms with Gasteiger partial charge in [-0.2, -0.15) is 8.42 Å². The van der Waals surface area contributed by atoms with E-state index in [0.29, 0.717) is 0 Å². The van der Waals surface area contributed by atoms with Gasteiger partial charge in [0.1, 0.15) is 0 Å².